The average molecular weight is 406 g/mol. The molecule has 0 unspecified atom stereocenters. The van der Waals surface area contributed by atoms with E-state index in [1.165, 1.54) is 6.20 Å². The van der Waals surface area contributed by atoms with Crippen LogP contribution in [0.2, 0.25) is 5.02 Å². The molecule has 0 fully saturated rings. The minimum atomic E-state index is -0.151. The van der Waals surface area contributed by atoms with Crippen LogP contribution in [0.5, 0.6) is 0 Å². The number of hydrogen-bond acceptors (Lipinski definition) is 3. The van der Waals surface area contributed by atoms with Gasteiger partial charge < -0.3 is 4.57 Å². The number of Topliss-reactive ketones (excluding diaryl/α,β-unsaturated/α-hetero) is 1. The van der Waals surface area contributed by atoms with Crippen LogP contribution in [-0.4, -0.2) is 20.1 Å². The molecule has 2 aromatic carbocycles. The van der Waals surface area contributed by atoms with Gasteiger partial charge in [-0.25, -0.2) is 0 Å². The number of para-hydroxylation sites is 1. The molecule has 146 valence electrons. The molecule has 0 N–H and O–H groups in total. The van der Waals surface area contributed by atoms with Crippen molar-refractivity contribution in [2.24, 2.45) is 0 Å². The van der Waals surface area contributed by atoms with Crippen molar-refractivity contribution in [1.29, 1.82) is 0 Å². The maximum absolute atomic E-state index is 13.1. The van der Waals surface area contributed by atoms with Gasteiger partial charge >= 0.3 is 0 Å². The molecule has 6 heteroatoms. The first kappa shape index (κ1) is 19.2. The van der Waals surface area contributed by atoms with E-state index < -0.39 is 0 Å². The summed E-state index contributed by atoms with van der Waals surface area (Å²) in [6, 6.07) is 16.8. The molecule has 0 saturated heterocycles. The zero-order valence-corrected chi connectivity index (χ0v) is 17.0. The van der Waals surface area contributed by atoms with Crippen molar-refractivity contribution in [3.63, 3.8) is 0 Å². The average Bonchev–Trinajstić information content (AvgIpc) is 3.00. The number of benzene rings is 2. The topological polar surface area (TPSA) is 56.9 Å². The quantitative estimate of drug-likeness (QED) is 0.462. The number of nitrogens with zero attached hydrogens (tertiary/aromatic N) is 3. The van der Waals surface area contributed by atoms with E-state index in [1.807, 2.05) is 50.2 Å². The van der Waals surface area contributed by atoms with E-state index in [-0.39, 0.29) is 17.8 Å². The summed E-state index contributed by atoms with van der Waals surface area (Å²) in [5.41, 5.74) is 4.03. The molecule has 0 atom stereocenters. The monoisotopic (exact) mass is 405 g/mol. The lowest BCUT2D eigenvalue weighted by atomic mass is 10.1. The molecule has 0 radical (unpaired) electrons. The second-order valence-electron chi connectivity index (χ2n) is 7.07. The van der Waals surface area contributed by atoms with Gasteiger partial charge in [0.2, 0.25) is 5.43 Å². The number of ketones is 1. The molecule has 29 heavy (non-hydrogen) atoms. The number of hydrogen-bond donors (Lipinski definition) is 0. The number of rotatable bonds is 5. The number of aryl methyl sites for hydroxylation is 1. The van der Waals surface area contributed by atoms with Crippen LogP contribution in [0.3, 0.4) is 0 Å². The molecule has 0 aliphatic heterocycles. The van der Waals surface area contributed by atoms with Crippen molar-refractivity contribution in [2.75, 3.05) is 0 Å². The van der Waals surface area contributed by atoms with Gasteiger partial charge in [0.15, 0.2) is 5.78 Å². The fraction of sp³-hybridized carbons (Fsp3) is 0.174. The molecular formula is C23H20ClN3O2. The Morgan fingerprint density at radius 1 is 1.07 bits per heavy atom. The first-order valence-corrected chi connectivity index (χ1v) is 9.71. The number of aromatic nitrogens is 3. The van der Waals surface area contributed by atoms with Crippen molar-refractivity contribution in [3.05, 3.63) is 98.6 Å². The second-order valence-corrected chi connectivity index (χ2v) is 7.48. The van der Waals surface area contributed by atoms with E-state index in [1.54, 1.807) is 22.9 Å². The summed E-state index contributed by atoms with van der Waals surface area (Å²) in [5, 5.41) is 5.43. The number of carbonyl (C=O) groups is 1. The molecular weight excluding hydrogens is 386 g/mol. The SMILES string of the molecule is Cc1cc(C(=O)Cn2ncc(=O)c3ccccc32)c(C)n1Cc1ccccc1Cl. The van der Waals surface area contributed by atoms with Crippen LogP contribution in [0.4, 0.5) is 0 Å². The number of carbonyl (C=O) groups excluding carboxylic acids is 1. The lowest BCUT2D eigenvalue weighted by Crippen LogP contribution is -2.18. The molecule has 0 spiro atoms. The van der Waals surface area contributed by atoms with Crippen molar-refractivity contribution in [1.82, 2.24) is 14.3 Å². The van der Waals surface area contributed by atoms with Gasteiger partial charge in [0.25, 0.3) is 0 Å². The van der Waals surface area contributed by atoms with E-state index in [0.717, 1.165) is 17.0 Å². The molecule has 2 heterocycles. The third kappa shape index (κ3) is 3.61. The van der Waals surface area contributed by atoms with Crippen molar-refractivity contribution >= 4 is 28.3 Å². The van der Waals surface area contributed by atoms with E-state index in [4.69, 9.17) is 11.6 Å². The Labute approximate surface area is 173 Å². The Kier molecular flexibility index (Phi) is 5.07. The summed E-state index contributed by atoms with van der Waals surface area (Å²) in [7, 11) is 0. The van der Waals surface area contributed by atoms with E-state index in [9.17, 15) is 9.59 Å². The minimum absolute atomic E-state index is 0.0511. The maximum Gasteiger partial charge on any atom is 0.207 e. The Balaban J connectivity index is 1.66. The van der Waals surface area contributed by atoms with Gasteiger partial charge in [-0.3, -0.25) is 14.3 Å². The zero-order valence-electron chi connectivity index (χ0n) is 16.2. The molecule has 5 nitrogen and oxygen atoms in total. The highest BCUT2D eigenvalue weighted by Gasteiger charge is 2.18. The van der Waals surface area contributed by atoms with E-state index in [2.05, 4.69) is 9.67 Å². The normalized spacial score (nSPS) is 11.1. The standard InChI is InChI=1S/C23H20ClN3O2/c1-15-11-19(16(2)26(15)13-17-7-3-5-9-20(17)24)23(29)14-27-21-10-6-4-8-18(21)22(28)12-25-27/h3-12H,13-14H2,1-2H3. The van der Waals surface area contributed by atoms with Crippen LogP contribution in [0.25, 0.3) is 10.9 Å². The summed E-state index contributed by atoms with van der Waals surface area (Å²) < 4.78 is 3.67. The van der Waals surface area contributed by atoms with Crippen LogP contribution < -0.4 is 5.43 Å². The largest absolute Gasteiger partial charge is 0.344 e. The first-order chi connectivity index (χ1) is 14.0. The Morgan fingerprint density at radius 3 is 2.59 bits per heavy atom. The van der Waals surface area contributed by atoms with E-state index >= 15 is 0 Å². The van der Waals surface area contributed by atoms with Gasteiger partial charge in [-0.15, -0.1) is 0 Å². The maximum atomic E-state index is 13.1. The lowest BCUT2D eigenvalue weighted by Gasteiger charge is -2.12. The molecule has 4 rings (SSSR count). The highest BCUT2D eigenvalue weighted by Crippen LogP contribution is 2.22. The molecule has 0 amide bonds. The van der Waals surface area contributed by atoms with Gasteiger partial charge in [0, 0.05) is 33.9 Å². The molecule has 0 saturated carbocycles. The summed E-state index contributed by atoms with van der Waals surface area (Å²) in [6.07, 6.45) is 1.26. The summed E-state index contributed by atoms with van der Waals surface area (Å²) in [4.78, 5) is 25.1. The Morgan fingerprint density at radius 2 is 1.79 bits per heavy atom. The highest BCUT2D eigenvalue weighted by molar-refractivity contribution is 6.31. The molecule has 0 aliphatic rings. The third-order valence-corrected chi connectivity index (χ3v) is 5.58. The zero-order chi connectivity index (χ0) is 20.5. The number of fused-ring (bicyclic) bond motifs is 1. The summed E-state index contributed by atoms with van der Waals surface area (Å²) >= 11 is 6.31. The molecule has 0 aliphatic carbocycles. The molecule has 2 aromatic heterocycles. The summed E-state index contributed by atoms with van der Waals surface area (Å²) in [5.74, 6) is -0.0511. The highest BCUT2D eigenvalue weighted by atomic mass is 35.5. The Hall–Kier alpha value is -3.18. The third-order valence-electron chi connectivity index (χ3n) is 5.22. The van der Waals surface area contributed by atoms with Crippen molar-refractivity contribution < 1.29 is 4.79 Å². The fourth-order valence-electron chi connectivity index (χ4n) is 3.63. The first-order valence-electron chi connectivity index (χ1n) is 9.34. The molecule has 0 bridgehead atoms. The fourth-order valence-corrected chi connectivity index (χ4v) is 3.83. The second kappa shape index (κ2) is 7.68. The van der Waals surface area contributed by atoms with Crippen LogP contribution in [0, 0.1) is 13.8 Å². The predicted molar refractivity (Wildman–Crippen MR) is 115 cm³/mol. The lowest BCUT2D eigenvalue weighted by molar-refractivity contribution is 0.0968. The summed E-state index contributed by atoms with van der Waals surface area (Å²) in [6.45, 7) is 4.59. The molecule has 4 aromatic rings. The smallest absolute Gasteiger partial charge is 0.207 e. The van der Waals surface area contributed by atoms with Gasteiger partial charge in [-0.2, -0.15) is 5.10 Å². The van der Waals surface area contributed by atoms with Crippen LogP contribution in [0.15, 0.2) is 65.6 Å². The van der Waals surface area contributed by atoms with E-state index in [0.29, 0.717) is 28.0 Å². The number of halogens is 1. The van der Waals surface area contributed by atoms with Gasteiger partial charge in [0.1, 0.15) is 6.54 Å². The van der Waals surface area contributed by atoms with Crippen LogP contribution in [-0.2, 0) is 13.1 Å². The van der Waals surface area contributed by atoms with Gasteiger partial charge in [0.05, 0.1) is 11.7 Å². The Bertz CT molecular complexity index is 1290. The van der Waals surface area contributed by atoms with Crippen molar-refractivity contribution in [3.8, 4) is 0 Å². The van der Waals surface area contributed by atoms with Gasteiger partial charge in [-0.05, 0) is 43.7 Å². The van der Waals surface area contributed by atoms with Gasteiger partial charge in [-0.1, -0.05) is 41.9 Å². The van der Waals surface area contributed by atoms with Crippen LogP contribution >= 0.6 is 11.6 Å². The predicted octanol–water partition coefficient (Wildman–Crippen LogP) is 4.40. The van der Waals surface area contributed by atoms with Crippen molar-refractivity contribution in [2.45, 2.75) is 26.9 Å². The minimum Gasteiger partial charge on any atom is -0.344 e. The van der Waals surface area contributed by atoms with Crippen LogP contribution in [0.1, 0.15) is 27.3 Å².